The molecule has 1 heterocycles. The lowest BCUT2D eigenvalue weighted by Gasteiger charge is -2.13. The van der Waals surface area contributed by atoms with E-state index in [2.05, 4.69) is 10.4 Å². The molecule has 2 N–H and O–H groups in total. The van der Waals surface area contributed by atoms with Crippen LogP contribution in [0, 0.1) is 13.8 Å². The molecule has 0 aliphatic carbocycles. The Morgan fingerprint density at radius 3 is 2.53 bits per heavy atom. The van der Waals surface area contributed by atoms with Gasteiger partial charge in [-0.1, -0.05) is 30.3 Å². The lowest BCUT2D eigenvalue weighted by molar-refractivity contribution is -0.118. The van der Waals surface area contributed by atoms with Crippen LogP contribution in [0.2, 0.25) is 0 Å². The smallest absolute Gasteiger partial charge is 0.335 e. The summed E-state index contributed by atoms with van der Waals surface area (Å²) in [5, 5.41) is 17.6. The second-order valence-corrected chi connectivity index (χ2v) is 8.39. The highest BCUT2D eigenvalue weighted by atomic mass is 16.5. The van der Waals surface area contributed by atoms with E-state index >= 15 is 0 Å². The molecule has 8 nitrogen and oxygen atoms in total. The van der Waals surface area contributed by atoms with Crippen LogP contribution in [-0.2, 0) is 9.59 Å². The van der Waals surface area contributed by atoms with E-state index in [0.717, 1.165) is 11.1 Å². The Morgan fingerprint density at radius 1 is 1.00 bits per heavy atom. The third kappa shape index (κ3) is 5.33. The average Bonchev–Trinajstić information content (AvgIpc) is 3.14. The number of nitrogens with zero attached hydrogens (tertiary/aromatic N) is 2. The number of hydrogen-bond donors (Lipinski definition) is 2. The fourth-order valence-corrected chi connectivity index (χ4v) is 3.68. The zero-order valence-electron chi connectivity index (χ0n) is 20.1. The van der Waals surface area contributed by atoms with E-state index in [1.54, 1.807) is 49.4 Å². The summed E-state index contributed by atoms with van der Waals surface area (Å²) >= 11 is 0. The molecule has 182 valence electrons. The number of carbonyl (C=O) groups is 3. The van der Waals surface area contributed by atoms with Crippen LogP contribution in [0.3, 0.4) is 0 Å². The summed E-state index contributed by atoms with van der Waals surface area (Å²) in [6.07, 6.45) is 1.65. The number of nitrogens with one attached hydrogen (secondary N) is 1. The minimum absolute atomic E-state index is 0.0587. The van der Waals surface area contributed by atoms with Crippen LogP contribution >= 0.6 is 0 Å². The Morgan fingerprint density at radius 2 is 1.78 bits per heavy atom. The molecule has 3 aromatic carbocycles. The maximum Gasteiger partial charge on any atom is 0.335 e. The van der Waals surface area contributed by atoms with Crippen molar-refractivity contribution in [2.75, 3.05) is 16.9 Å². The molecular formula is C28H25N3O5. The molecule has 0 saturated carbocycles. The van der Waals surface area contributed by atoms with E-state index < -0.39 is 11.9 Å². The zero-order valence-corrected chi connectivity index (χ0v) is 20.1. The molecule has 36 heavy (non-hydrogen) atoms. The minimum atomic E-state index is -1.09. The number of hydrogen-bond acceptors (Lipinski definition) is 5. The predicted molar refractivity (Wildman–Crippen MR) is 138 cm³/mol. The lowest BCUT2D eigenvalue weighted by atomic mass is 10.1. The van der Waals surface area contributed by atoms with Crippen LogP contribution in [0.4, 0.5) is 11.4 Å². The second kappa shape index (κ2) is 10.3. The van der Waals surface area contributed by atoms with Crippen LogP contribution in [0.25, 0.3) is 6.08 Å². The molecule has 0 saturated heterocycles. The highest BCUT2D eigenvalue weighted by molar-refractivity contribution is 6.32. The van der Waals surface area contributed by atoms with Crippen molar-refractivity contribution < 1.29 is 24.2 Å². The van der Waals surface area contributed by atoms with E-state index in [9.17, 15) is 19.5 Å². The number of carboxylic acids is 1. The highest BCUT2D eigenvalue weighted by Gasteiger charge is 2.29. The molecule has 0 radical (unpaired) electrons. The molecule has 0 spiro atoms. The summed E-state index contributed by atoms with van der Waals surface area (Å²) in [6.45, 7) is 5.47. The number of anilines is 2. The number of benzene rings is 3. The van der Waals surface area contributed by atoms with Gasteiger partial charge in [-0.25, -0.2) is 4.79 Å². The summed E-state index contributed by atoms with van der Waals surface area (Å²) in [7, 11) is 0. The summed E-state index contributed by atoms with van der Waals surface area (Å²) < 4.78 is 5.77. The minimum Gasteiger partial charge on any atom is -0.483 e. The fraction of sp³-hybridized carbons (Fsp3) is 0.143. The Labute approximate surface area is 208 Å². The van der Waals surface area contributed by atoms with Crippen LogP contribution in [-0.4, -0.2) is 35.2 Å². The third-order valence-electron chi connectivity index (χ3n) is 5.77. The van der Waals surface area contributed by atoms with E-state index in [1.807, 2.05) is 32.0 Å². The van der Waals surface area contributed by atoms with Crippen molar-refractivity contribution in [3.8, 4) is 5.75 Å². The number of aromatic carboxylic acids is 1. The van der Waals surface area contributed by atoms with E-state index in [0.29, 0.717) is 34.0 Å². The van der Waals surface area contributed by atoms with Crippen molar-refractivity contribution in [2.45, 2.75) is 20.8 Å². The molecule has 2 amide bonds. The van der Waals surface area contributed by atoms with Gasteiger partial charge in [0, 0.05) is 11.3 Å². The number of carbonyl (C=O) groups excluding carboxylic acids is 2. The van der Waals surface area contributed by atoms with Gasteiger partial charge in [0.1, 0.15) is 5.75 Å². The summed E-state index contributed by atoms with van der Waals surface area (Å²) in [5.74, 6) is -1.35. The van der Waals surface area contributed by atoms with Crippen molar-refractivity contribution in [1.29, 1.82) is 0 Å². The van der Waals surface area contributed by atoms with Gasteiger partial charge in [-0.15, -0.1) is 0 Å². The largest absolute Gasteiger partial charge is 0.483 e. The maximum absolute atomic E-state index is 13.1. The van der Waals surface area contributed by atoms with Crippen LogP contribution < -0.4 is 15.1 Å². The highest BCUT2D eigenvalue weighted by Crippen LogP contribution is 2.28. The Balaban J connectivity index is 1.50. The lowest BCUT2D eigenvalue weighted by Crippen LogP contribution is -2.22. The third-order valence-corrected chi connectivity index (χ3v) is 5.77. The quantitative estimate of drug-likeness (QED) is 0.468. The van der Waals surface area contributed by atoms with E-state index in [1.165, 1.54) is 17.1 Å². The fourth-order valence-electron chi connectivity index (χ4n) is 3.68. The van der Waals surface area contributed by atoms with E-state index in [-0.39, 0.29) is 18.1 Å². The van der Waals surface area contributed by atoms with Gasteiger partial charge in [0.2, 0.25) is 0 Å². The molecular weight excluding hydrogens is 458 g/mol. The average molecular weight is 484 g/mol. The van der Waals surface area contributed by atoms with Crippen LogP contribution in [0.15, 0.2) is 77.4 Å². The van der Waals surface area contributed by atoms with Crippen LogP contribution in [0.1, 0.15) is 34.0 Å². The molecule has 8 heteroatoms. The Kier molecular flexibility index (Phi) is 6.96. The molecule has 0 unspecified atom stereocenters. The summed E-state index contributed by atoms with van der Waals surface area (Å²) in [4.78, 5) is 36.9. The van der Waals surface area contributed by atoms with Gasteiger partial charge in [-0.3, -0.25) is 9.59 Å². The molecule has 0 aromatic heterocycles. The van der Waals surface area contributed by atoms with Gasteiger partial charge in [0.15, 0.2) is 6.61 Å². The molecule has 1 aliphatic heterocycles. The number of para-hydroxylation sites is 1. The maximum atomic E-state index is 13.1. The van der Waals surface area contributed by atoms with Gasteiger partial charge in [-0.2, -0.15) is 10.1 Å². The van der Waals surface area contributed by atoms with Gasteiger partial charge >= 0.3 is 5.97 Å². The number of hydrazone groups is 1. The molecule has 4 rings (SSSR count). The Hall–Kier alpha value is -4.72. The molecule has 1 aliphatic rings. The summed E-state index contributed by atoms with van der Waals surface area (Å²) in [5.41, 5.74) is 4.74. The van der Waals surface area contributed by atoms with Crippen molar-refractivity contribution in [1.82, 2.24) is 0 Å². The number of amides is 2. The topological polar surface area (TPSA) is 108 Å². The first-order chi connectivity index (χ1) is 17.2. The first-order valence-electron chi connectivity index (χ1n) is 11.3. The second-order valence-electron chi connectivity index (χ2n) is 8.39. The zero-order chi connectivity index (χ0) is 25.8. The van der Waals surface area contributed by atoms with Crippen molar-refractivity contribution in [2.24, 2.45) is 5.10 Å². The number of carboxylic acid groups (broad SMARTS) is 1. The molecule has 0 atom stereocenters. The van der Waals surface area contributed by atoms with E-state index in [4.69, 9.17) is 4.74 Å². The van der Waals surface area contributed by atoms with Gasteiger partial charge < -0.3 is 15.2 Å². The number of ether oxygens (including phenoxy) is 1. The van der Waals surface area contributed by atoms with Crippen molar-refractivity contribution in [3.63, 3.8) is 0 Å². The van der Waals surface area contributed by atoms with Gasteiger partial charge in [-0.05, 0) is 74.4 Å². The molecule has 0 fully saturated rings. The monoisotopic (exact) mass is 483 g/mol. The van der Waals surface area contributed by atoms with Gasteiger partial charge in [0.25, 0.3) is 11.8 Å². The van der Waals surface area contributed by atoms with Crippen molar-refractivity contribution in [3.05, 3.63) is 94.6 Å². The standard InChI is InChI=1S/C28H25N3O5/c1-17-11-12-22(13-18(17)2)29-26(32)16-36-25-10-5-4-7-20(25)15-24-19(3)30-31(27(24)33)23-9-6-8-21(14-23)28(34)35/h4-15H,16H2,1-3H3,(H,29,32)(H,34,35)/b24-15+. The first kappa shape index (κ1) is 24.4. The van der Waals surface area contributed by atoms with Crippen molar-refractivity contribution >= 4 is 40.9 Å². The normalized spacial score (nSPS) is 14.1. The van der Waals surface area contributed by atoms with Crippen LogP contribution in [0.5, 0.6) is 5.75 Å². The Bertz CT molecular complexity index is 1420. The number of aryl methyl sites for hydroxylation is 2. The molecule has 0 bridgehead atoms. The number of rotatable bonds is 7. The summed E-state index contributed by atoms with van der Waals surface area (Å²) in [6, 6.07) is 18.8. The predicted octanol–water partition coefficient (Wildman–Crippen LogP) is 4.83. The molecule has 3 aromatic rings. The van der Waals surface area contributed by atoms with Gasteiger partial charge in [0.05, 0.1) is 22.5 Å². The SMILES string of the molecule is CC1=NN(c2cccc(C(=O)O)c2)C(=O)/C1=C/c1ccccc1OCC(=O)Nc1ccc(C)c(C)c1. The first-order valence-corrected chi connectivity index (χ1v) is 11.3.